The third-order valence-corrected chi connectivity index (χ3v) is 7.53. The first-order chi connectivity index (χ1) is 16.1. The van der Waals surface area contributed by atoms with Crippen LogP contribution >= 0.6 is 11.3 Å². The summed E-state index contributed by atoms with van der Waals surface area (Å²) < 4.78 is 0. The van der Waals surface area contributed by atoms with E-state index in [0.29, 0.717) is 18.0 Å². The summed E-state index contributed by atoms with van der Waals surface area (Å²) >= 11 is 1.71. The molecule has 0 radical (unpaired) electrons. The Balaban J connectivity index is 1.41. The largest absolute Gasteiger partial charge is 0.343 e. The van der Waals surface area contributed by atoms with E-state index in [0.717, 1.165) is 38.8 Å². The lowest BCUT2D eigenvalue weighted by molar-refractivity contribution is -0.132. The van der Waals surface area contributed by atoms with Gasteiger partial charge in [-0.2, -0.15) is 0 Å². The molecule has 0 aliphatic carbocycles. The standard InChI is InChI=1S/C27H31N3O2S/c1-29(27(32)24-11-5-6-16-28-24)25(20-21-8-3-2-4-9-21)22-14-17-30(18-15-22)26(31)13-12-23-10-7-19-33-23/h2-11,16,19,22,25H,12-15,17-18,20H2,1H3/t25-/m1/s1. The molecule has 2 aromatic heterocycles. The number of rotatable bonds is 8. The molecule has 5 nitrogen and oxygen atoms in total. The van der Waals surface area contributed by atoms with Crippen LogP contribution in [0.1, 0.15) is 40.2 Å². The highest BCUT2D eigenvalue weighted by Gasteiger charge is 2.33. The first-order valence-corrected chi connectivity index (χ1v) is 12.5. The molecule has 0 unspecified atom stereocenters. The number of likely N-dealkylation sites (tertiary alicyclic amines) is 1. The smallest absolute Gasteiger partial charge is 0.272 e. The number of pyridine rings is 1. The van der Waals surface area contributed by atoms with Crippen molar-refractivity contribution in [3.05, 3.63) is 88.4 Å². The minimum absolute atomic E-state index is 0.0500. The van der Waals surface area contributed by atoms with E-state index in [-0.39, 0.29) is 17.9 Å². The highest BCUT2D eigenvalue weighted by atomic mass is 32.1. The van der Waals surface area contributed by atoms with Gasteiger partial charge in [0.1, 0.15) is 5.69 Å². The van der Waals surface area contributed by atoms with Gasteiger partial charge in [0.15, 0.2) is 0 Å². The number of carbonyl (C=O) groups excluding carboxylic acids is 2. The molecule has 2 amide bonds. The van der Waals surface area contributed by atoms with Crippen LogP contribution in [0.2, 0.25) is 0 Å². The van der Waals surface area contributed by atoms with Crippen molar-refractivity contribution in [3.8, 4) is 0 Å². The molecule has 3 heterocycles. The van der Waals surface area contributed by atoms with Crippen LogP contribution in [0.15, 0.2) is 72.2 Å². The summed E-state index contributed by atoms with van der Waals surface area (Å²) in [5.41, 5.74) is 1.69. The van der Waals surface area contributed by atoms with Gasteiger partial charge in [0.25, 0.3) is 5.91 Å². The maximum atomic E-state index is 13.2. The van der Waals surface area contributed by atoms with Crippen molar-refractivity contribution in [2.75, 3.05) is 20.1 Å². The van der Waals surface area contributed by atoms with Gasteiger partial charge in [-0.3, -0.25) is 14.6 Å². The van der Waals surface area contributed by atoms with Gasteiger partial charge in [-0.25, -0.2) is 0 Å². The van der Waals surface area contributed by atoms with E-state index < -0.39 is 0 Å². The fraction of sp³-hybridized carbons (Fsp3) is 0.370. The van der Waals surface area contributed by atoms with E-state index in [1.165, 1.54) is 10.4 Å². The SMILES string of the molecule is CN(C(=O)c1ccccn1)[C@H](Cc1ccccc1)C1CCN(C(=O)CCc2cccs2)CC1. The second-order valence-corrected chi connectivity index (χ2v) is 9.72. The van der Waals surface area contributed by atoms with Gasteiger partial charge in [-0.1, -0.05) is 42.5 Å². The molecule has 1 aliphatic rings. The zero-order chi connectivity index (χ0) is 23.0. The molecule has 172 valence electrons. The summed E-state index contributed by atoms with van der Waals surface area (Å²) in [5.74, 6) is 0.523. The summed E-state index contributed by atoms with van der Waals surface area (Å²) in [6.45, 7) is 1.51. The first kappa shape index (κ1) is 23.2. The summed E-state index contributed by atoms with van der Waals surface area (Å²) in [7, 11) is 1.89. The molecule has 1 fully saturated rings. The zero-order valence-electron chi connectivity index (χ0n) is 19.1. The first-order valence-electron chi connectivity index (χ1n) is 11.6. The Labute approximate surface area is 200 Å². The maximum absolute atomic E-state index is 13.2. The number of aryl methyl sites for hydroxylation is 1. The lowest BCUT2D eigenvalue weighted by Crippen LogP contribution is -2.48. The van der Waals surface area contributed by atoms with Crippen LogP contribution in [-0.2, 0) is 17.6 Å². The lowest BCUT2D eigenvalue weighted by Gasteiger charge is -2.40. The molecule has 0 bridgehead atoms. The Morgan fingerprint density at radius 1 is 1.06 bits per heavy atom. The van der Waals surface area contributed by atoms with Crippen LogP contribution in [-0.4, -0.2) is 52.8 Å². The summed E-state index contributed by atoms with van der Waals surface area (Å²) in [5, 5.41) is 2.06. The Morgan fingerprint density at radius 3 is 2.48 bits per heavy atom. The van der Waals surface area contributed by atoms with Crippen LogP contribution in [0.3, 0.4) is 0 Å². The molecule has 4 rings (SSSR count). The molecule has 3 aromatic rings. The maximum Gasteiger partial charge on any atom is 0.272 e. The van der Waals surface area contributed by atoms with Gasteiger partial charge in [0, 0.05) is 43.7 Å². The number of carbonyl (C=O) groups is 2. The van der Waals surface area contributed by atoms with E-state index >= 15 is 0 Å². The van der Waals surface area contributed by atoms with Gasteiger partial charge in [-0.15, -0.1) is 11.3 Å². The molecule has 1 atom stereocenters. The summed E-state index contributed by atoms with van der Waals surface area (Å²) in [4.78, 5) is 35.3. The van der Waals surface area contributed by atoms with Crippen molar-refractivity contribution < 1.29 is 9.59 Å². The van der Waals surface area contributed by atoms with Crippen LogP contribution in [0.4, 0.5) is 0 Å². The van der Waals surface area contributed by atoms with E-state index in [1.807, 2.05) is 53.2 Å². The number of thiophene rings is 1. The normalized spacial score (nSPS) is 15.2. The van der Waals surface area contributed by atoms with Gasteiger partial charge in [0.2, 0.25) is 5.91 Å². The molecule has 1 aromatic carbocycles. The number of amides is 2. The van der Waals surface area contributed by atoms with Gasteiger partial charge >= 0.3 is 0 Å². The third-order valence-electron chi connectivity index (χ3n) is 6.59. The fourth-order valence-corrected chi connectivity index (χ4v) is 5.38. The van der Waals surface area contributed by atoms with Gasteiger partial charge in [0.05, 0.1) is 0 Å². The number of aromatic nitrogens is 1. The minimum Gasteiger partial charge on any atom is -0.343 e. The van der Waals surface area contributed by atoms with Gasteiger partial charge < -0.3 is 9.80 Å². The van der Waals surface area contributed by atoms with Crippen molar-refractivity contribution >= 4 is 23.2 Å². The number of hydrogen-bond donors (Lipinski definition) is 0. The van der Waals surface area contributed by atoms with Crippen LogP contribution < -0.4 is 0 Å². The average molecular weight is 462 g/mol. The molecule has 1 saturated heterocycles. The van der Waals surface area contributed by atoms with Crippen molar-refractivity contribution in [2.45, 2.75) is 38.1 Å². The summed E-state index contributed by atoms with van der Waals surface area (Å²) in [6, 6.07) is 20.0. The molecule has 33 heavy (non-hydrogen) atoms. The van der Waals surface area contributed by atoms with Crippen molar-refractivity contribution in [1.82, 2.24) is 14.8 Å². The van der Waals surface area contributed by atoms with Crippen molar-refractivity contribution in [2.24, 2.45) is 5.92 Å². The highest BCUT2D eigenvalue weighted by molar-refractivity contribution is 7.09. The minimum atomic E-state index is -0.0500. The molecular formula is C27H31N3O2S. The monoisotopic (exact) mass is 461 g/mol. The van der Waals surface area contributed by atoms with Crippen LogP contribution in [0, 0.1) is 5.92 Å². The molecule has 0 spiro atoms. The zero-order valence-corrected chi connectivity index (χ0v) is 19.9. The number of nitrogens with zero attached hydrogens (tertiary/aromatic N) is 3. The van der Waals surface area contributed by atoms with E-state index in [2.05, 4.69) is 28.6 Å². The summed E-state index contributed by atoms with van der Waals surface area (Å²) in [6.07, 6.45) is 5.65. The molecule has 0 N–H and O–H groups in total. The number of likely N-dealkylation sites (N-methyl/N-ethyl adjacent to an activating group) is 1. The van der Waals surface area contributed by atoms with Crippen LogP contribution in [0.25, 0.3) is 0 Å². The fourth-order valence-electron chi connectivity index (χ4n) is 4.67. The number of hydrogen-bond acceptors (Lipinski definition) is 4. The van der Waals surface area contributed by atoms with E-state index in [9.17, 15) is 9.59 Å². The van der Waals surface area contributed by atoms with E-state index in [1.54, 1.807) is 23.6 Å². The van der Waals surface area contributed by atoms with Crippen molar-refractivity contribution in [3.63, 3.8) is 0 Å². The predicted octanol–water partition coefficient (Wildman–Crippen LogP) is 4.70. The van der Waals surface area contributed by atoms with Crippen molar-refractivity contribution in [1.29, 1.82) is 0 Å². The van der Waals surface area contributed by atoms with Crippen LogP contribution in [0.5, 0.6) is 0 Å². The lowest BCUT2D eigenvalue weighted by atomic mass is 9.84. The van der Waals surface area contributed by atoms with E-state index in [4.69, 9.17) is 0 Å². The molecule has 6 heteroatoms. The highest BCUT2D eigenvalue weighted by Crippen LogP contribution is 2.28. The average Bonchev–Trinajstić information content (AvgIpc) is 3.40. The second kappa shape index (κ2) is 11.2. The quantitative estimate of drug-likeness (QED) is 0.489. The Bertz CT molecular complexity index is 1020. The second-order valence-electron chi connectivity index (χ2n) is 8.69. The van der Waals surface area contributed by atoms with Gasteiger partial charge in [-0.05, 0) is 60.7 Å². The molecular weight excluding hydrogens is 430 g/mol. The molecule has 1 aliphatic heterocycles. The predicted molar refractivity (Wildman–Crippen MR) is 132 cm³/mol. The Kier molecular flexibility index (Phi) is 7.89. The third kappa shape index (κ3) is 6.08. The Morgan fingerprint density at radius 2 is 1.82 bits per heavy atom. The number of piperidine rings is 1. The topological polar surface area (TPSA) is 53.5 Å². The molecule has 0 saturated carbocycles. The Hall–Kier alpha value is -2.99. The number of benzene rings is 1.